The number of alkyl halides is 3. The highest BCUT2D eigenvalue weighted by atomic mass is 19.4. The van der Waals surface area contributed by atoms with Gasteiger partial charge in [0.1, 0.15) is 0 Å². The summed E-state index contributed by atoms with van der Waals surface area (Å²) in [5, 5.41) is 25.0. The first-order valence-corrected chi connectivity index (χ1v) is 11.1. The van der Waals surface area contributed by atoms with Crippen LogP contribution in [0.5, 0.6) is 0 Å². The fraction of sp³-hybridized carbons (Fsp3) is 0.609. The Hall–Kier alpha value is -2.82. The Bertz CT molecular complexity index is 899. The number of nitrogens with one attached hydrogen (secondary N) is 2. The van der Waals surface area contributed by atoms with Gasteiger partial charge in [-0.1, -0.05) is 6.07 Å². The molecule has 34 heavy (non-hydrogen) atoms. The number of rotatable bonds is 6. The normalized spacial score (nSPS) is 21.9. The Morgan fingerprint density at radius 3 is 2.35 bits per heavy atom. The van der Waals surface area contributed by atoms with E-state index < -0.39 is 59.8 Å². The van der Waals surface area contributed by atoms with Crippen molar-refractivity contribution in [3.8, 4) is 0 Å². The van der Waals surface area contributed by atoms with E-state index in [9.17, 15) is 37.8 Å². The van der Waals surface area contributed by atoms with E-state index in [4.69, 9.17) is 0 Å². The second-order valence-electron chi connectivity index (χ2n) is 9.63. The van der Waals surface area contributed by atoms with Gasteiger partial charge in [0.2, 0.25) is 5.91 Å². The summed E-state index contributed by atoms with van der Waals surface area (Å²) in [6.45, 7) is 6.49. The summed E-state index contributed by atoms with van der Waals surface area (Å²) in [6.07, 6.45) is -5.21. The largest absolute Gasteiger partial charge is 0.465 e. The number of halogens is 3. The van der Waals surface area contributed by atoms with Crippen LogP contribution in [-0.4, -0.2) is 63.3 Å². The van der Waals surface area contributed by atoms with Crippen LogP contribution in [0.2, 0.25) is 0 Å². The molecule has 0 aliphatic heterocycles. The molecule has 1 fully saturated rings. The number of hydrogen-bond acceptors (Lipinski definition) is 4. The fourth-order valence-corrected chi connectivity index (χ4v) is 4.48. The molecule has 0 saturated heterocycles. The van der Waals surface area contributed by atoms with E-state index in [0.717, 1.165) is 12.1 Å². The number of aliphatic hydroxyl groups is 1. The van der Waals surface area contributed by atoms with E-state index in [-0.39, 0.29) is 11.6 Å². The van der Waals surface area contributed by atoms with Gasteiger partial charge in [-0.05, 0) is 65.2 Å². The minimum Gasteiger partial charge on any atom is -0.465 e. The molecule has 190 valence electrons. The molecule has 1 aliphatic carbocycles. The van der Waals surface area contributed by atoms with Crippen molar-refractivity contribution in [1.29, 1.82) is 0 Å². The molecular weight excluding hydrogens is 455 g/mol. The van der Waals surface area contributed by atoms with Gasteiger partial charge in [0.15, 0.2) is 0 Å². The molecule has 1 unspecified atom stereocenters. The van der Waals surface area contributed by atoms with Crippen LogP contribution in [0.4, 0.5) is 18.0 Å². The lowest BCUT2D eigenvalue weighted by Gasteiger charge is -2.46. The molecule has 4 N–H and O–H groups in total. The minimum atomic E-state index is -4.59. The summed E-state index contributed by atoms with van der Waals surface area (Å²) in [6, 6.07) is 3.12. The maximum atomic E-state index is 12.8. The van der Waals surface area contributed by atoms with Crippen molar-refractivity contribution in [2.45, 2.75) is 76.9 Å². The van der Waals surface area contributed by atoms with Crippen LogP contribution in [0.3, 0.4) is 0 Å². The van der Waals surface area contributed by atoms with E-state index in [1.165, 1.54) is 11.0 Å². The van der Waals surface area contributed by atoms with Crippen LogP contribution >= 0.6 is 0 Å². The molecule has 4 atom stereocenters. The van der Waals surface area contributed by atoms with Crippen molar-refractivity contribution >= 4 is 17.9 Å². The summed E-state index contributed by atoms with van der Waals surface area (Å²) in [7, 11) is 0. The maximum absolute atomic E-state index is 12.8. The van der Waals surface area contributed by atoms with Crippen molar-refractivity contribution in [2.24, 2.45) is 5.92 Å². The lowest BCUT2D eigenvalue weighted by molar-refractivity contribution is -0.137. The molecule has 1 aromatic rings. The first kappa shape index (κ1) is 27.4. The van der Waals surface area contributed by atoms with Gasteiger partial charge in [-0.15, -0.1) is 0 Å². The average Bonchev–Trinajstić information content (AvgIpc) is 2.71. The molecule has 0 heterocycles. The number of hydrogen-bond donors (Lipinski definition) is 4. The standard InChI is InChI=1S/C23H32F3N3O5/c1-13(30)17-11-16(29(21(33)34)22(2,3)4)8-9-18(17)28-19(31)12-27-20(32)14-6-5-7-15(10-14)23(24,25)26/h5-7,10,13,16-18,30H,8-9,11-12H2,1-4H3,(H,27,32)(H,28,31)(H,33,34)/t13?,16-,17+,18+/m1/s1. The lowest BCUT2D eigenvalue weighted by Crippen LogP contribution is -2.57. The number of carboxylic acid groups (broad SMARTS) is 1. The third kappa shape index (κ3) is 7.09. The van der Waals surface area contributed by atoms with Crippen LogP contribution in [0.1, 0.15) is 62.9 Å². The number of amides is 3. The van der Waals surface area contributed by atoms with Crippen LogP contribution in [0.15, 0.2) is 24.3 Å². The summed E-state index contributed by atoms with van der Waals surface area (Å²) < 4.78 is 38.5. The van der Waals surface area contributed by atoms with Gasteiger partial charge < -0.3 is 25.7 Å². The molecule has 0 bridgehead atoms. The highest BCUT2D eigenvalue weighted by Crippen LogP contribution is 2.34. The van der Waals surface area contributed by atoms with Gasteiger partial charge in [-0.2, -0.15) is 13.2 Å². The predicted molar refractivity (Wildman–Crippen MR) is 118 cm³/mol. The summed E-state index contributed by atoms with van der Waals surface area (Å²) in [4.78, 5) is 37.8. The zero-order chi connectivity index (χ0) is 25.8. The quantitative estimate of drug-likeness (QED) is 0.491. The first-order chi connectivity index (χ1) is 15.6. The van der Waals surface area contributed by atoms with Gasteiger partial charge in [0.25, 0.3) is 5.91 Å². The van der Waals surface area contributed by atoms with Crippen molar-refractivity contribution < 1.29 is 37.8 Å². The zero-order valence-electron chi connectivity index (χ0n) is 19.6. The minimum absolute atomic E-state index is 0.221. The topological polar surface area (TPSA) is 119 Å². The molecule has 0 aromatic heterocycles. The van der Waals surface area contributed by atoms with Gasteiger partial charge in [-0.3, -0.25) is 9.59 Å². The Labute approximate surface area is 196 Å². The highest BCUT2D eigenvalue weighted by molar-refractivity contribution is 5.96. The van der Waals surface area contributed by atoms with Gasteiger partial charge >= 0.3 is 12.3 Å². The van der Waals surface area contributed by atoms with Crippen LogP contribution < -0.4 is 10.6 Å². The van der Waals surface area contributed by atoms with Gasteiger partial charge in [0.05, 0.1) is 18.2 Å². The number of carbonyl (C=O) groups is 3. The van der Waals surface area contributed by atoms with E-state index in [1.807, 2.05) is 0 Å². The second kappa shape index (κ2) is 10.6. The second-order valence-corrected chi connectivity index (χ2v) is 9.63. The molecule has 11 heteroatoms. The van der Waals surface area contributed by atoms with E-state index >= 15 is 0 Å². The highest BCUT2D eigenvalue weighted by Gasteiger charge is 2.41. The molecule has 1 saturated carbocycles. The fourth-order valence-electron chi connectivity index (χ4n) is 4.48. The zero-order valence-corrected chi connectivity index (χ0v) is 19.6. The van der Waals surface area contributed by atoms with Crippen LogP contribution in [0, 0.1) is 5.92 Å². The molecule has 8 nitrogen and oxygen atoms in total. The Balaban J connectivity index is 1.99. The maximum Gasteiger partial charge on any atom is 0.416 e. The molecule has 2 rings (SSSR count). The van der Waals surface area contributed by atoms with E-state index in [2.05, 4.69) is 10.6 Å². The number of carbonyl (C=O) groups excluding carboxylic acids is 2. The van der Waals surface area contributed by atoms with Crippen LogP contribution in [0.25, 0.3) is 0 Å². The Morgan fingerprint density at radius 2 is 1.82 bits per heavy atom. The molecule has 1 aliphatic rings. The van der Waals surface area contributed by atoms with Crippen molar-refractivity contribution in [3.05, 3.63) is 35.4 Å². The summed E-state index contributed by atoms with van der Waals surface area (Å²) in [5.41, 5.74) is -1.82. The summed E-state index contributed by atoms with van der Waals surface area (Å²) >= 11 is 0. The molecule has 3 amide bonds. The van der Waals surface area contributed by atoms with Gasteiger partial charge in [-0.25, -0.2) is 4.79 Å². The first-order valence-electron chi connectivity index (χ1n) is 11.1. The van der Waals surface area contributed by atoms with Crippen LogP contribution in [-0.2, 0) is 11.0 Å². The average molecular weight is 488 g/mol. The number of aliphatic hydroxyl groups excluding tert-OH is 1. The van der Waals surface area contributed by atoms with Crippen molar-refractivity contribution in [2.75, 3.05) is 6.54 Å². The molecular formula is C23H32F3N3O5. The monoisotopic (exact) mass is 487 g/mol. The predicted octanol–water partition coefficient (Wildman–Crippen LogP) is 3.25. The summed E-state index contributed by atoms with van der Waals surface area (Å²) in [5.74, 6) is -1.79. The SMILES string of the molecule is CC(O)[C@@H]1C[C@H](N(C(=O)O)C(C)(C)C)CC[C@@H]1NC(=O)CNC(=O)c1cccc(C(F)(F)F)c1. The third-order valence-electron chi connectivity index (χ3n) is 5.99. The lowest BCUT2D eigenvalue weighted by atomic mass is 9.77. The third-order valence-corrected chi connectivity index (χ3v) is 5.99. The Morgan fingerprint density at radius 1 is 1.18 bits per heavy atom. The van der Waals surface area contributed by atoms with E-state index in [1.54, 1.807) is 27.7 Å². The number of benzene rings is 1. The molecule has 0 spiro atoms. The molecule has 1 aromatic carbocycles. The van der Waals surface area contributed by atoms with E-state index in [0.29, 0.717) is 25.3 Å². The van der Waals surface area contributed by atoms with Crippen molar-refractivity contribution in [3.63, 3.8) is 0 Å². The number of nitrogens with zero attached hydrogens (tertiary/aromatic N) is 1. The Kier molecular flexibility index (Phi) is 8.57. The smallest absolute Gasteiger partial charge is 0.416 e. The molecule has 0 radical (unpaired) electrons. The van der Waals surface area contributed by atoms with Crippen molar-refractivity contribution in [1.82, 2.24) is 15.5 Å². The van der Waals surface area contributed by atoms with Gasteiger partial charge in [0, 0.05) is 29.1 Å².